The van der Waals surface area contributed by atoms with Crippen LogP contribution in [0.25, 0.3) is 0 Å². The minimum Gasteiger partial charge on any atom is -0.466 e. The lowest BCUT2D eigenvalue weighted by Crippen LogP contribution is -2.35. The number of thioether (sulfide) groups is 1. The second-order valence-corrected chi connectivity index (χ2v) is 4.82. The summed E-state index contributed by atoms with van der Waals surface area (Å²) in [6, 6.07) is 0. The van der Waals surface area contributed by atoms with Crippen LogP contribution in [-0.2, 0) is 14.3 Å². The molecule has 17 heavy (non-hydrogen) atoms. The van der Waals surface area contributed by atoms with Crippen LogP contribution in [-0.4, -0.2) is 67.1 Å². The Bertz CT molecular complexity index is 254. The summed E-state index contributed by atoms with van der Waals surface area (Å²) in [6.45, 7) is 3.41. The molecule has 0 amide bonds. The molecular formula is C11H19NO4S. The normalized spacial score (nSPS) is 19.4. The topological polar surface area (TPSA) is 59.0 Å². The Morgan fingerprint density at radius 2 is 2.24 bits per heavy atom. The third-order valence-electron chi connectivity index (χ3n) is 2.40. The van der Waals surface area contributed by atoms with Crippen LogP contribution in [0.3, 0.4) is 0 Å². The van der Waals surface area contributed by atoms with Crippen LogP contribution in [0.15, 0.2) is 12.2 Å². The van der Waals surface area contributed by atoms with E-state index in [1.54, 1.807) is 0 Å². The van der Waals surface area contributed by atoms with Gasteiger partial charge in [-0.25, -0.2) is 4.79 Å². The van der Waals surface area contributed by atoms with E-state index >= 15 is 0 Å². The van der Waals surface area contributed by atoms with Gasteiger partial charge in [0.1, 0.15) is 0 Å². The summed E-state index contributed by atoms with van der Waals surface area (Å²) in [5.74, 6) is 1.82. The number of hydrogen-bond donors (Lipinski definition) is 1. The molecule has 0 radical (unpaired) electrons. The van der Waals surface area contributed by atoms with Gasteiger partial charge in [0.2, 0.25) is 0 Å². The molecule has 98 valence electrons. The number of carbonyl (C=O) groups is 1. The maximum absolute atomic E-state index is 10.8. The number of esters is 1. The molecule has 0 aliphatic carbocycles. The highest BCUT2D eigenvalue weighted by Gasteiger charge is 2.10. The van der Waals surface area contributed by atoms with Crippen LogP contribution in [0.1, 0.15) is 0 Å². The van der Waals surface area contributed by atoms with E-state index in [9.17, 15) is 9.90 Å². The molecule has 1 N–H and O–H groups in total. The molecule has 1 aliphatic heterocycles. The van der Waals surface area contributed by atoms with Crippen molar-refractivity contribution in [2.24, 2.45) is 0 Å². The molecule has 1 aliphatic rings. The maximum Gasteiger partial charge on any atom is 0.330 e. The first-order chi connectivity index (χ1) is 8.22. The number of nitrogens with zero attached hydrogens (tertiary/aromatic N) is 1. The first-order valence-corrected chi connectivity index (χ1v) is 6.74. The minimum absolute atomic E-state index is 0.456. The summed E-state index contributed by atoms with van der Waals surface area (Å²) in [4.78, 5) is 13.0. The fourth-order valence-corrected chi connectivity index (χ4v) is 2.39. The fourth-order valence-electron chi connectivity index (χ4n) is 1.41. The highest BCUT2D eigenvalue weighted by atomic mass is 32.2. The van der Waals surface area contributed by atoms with E-state index in [1.807, 2.05) is 11.8 Å². The lowest BCUT2D eigenvalue weighted by atomic mass is 10.4. The van der Waals surface area contributed by atoms with Crippen LogP contribution in [0.5, 0.6) is 0 Å². The van der Waals surface area contributed by atoms with Gasteiger partial charge in [0.15, 0.2) is 6.29 Å². The molecule has 1 atom stereocenters. The standard InChI is InChI=1S/C11H19NO4S/c1-15-10(13)2-3-11(14)16-7-4-12-5-8-17-9-6-12/h2-3,11,14H,4-9H2,1H3/b3-2+. The number of rotatable bonds is 6. The van der Waals surface area contributed by atoms with Crippen LogP contribution >= 0.6 is 11.8 Å². The maximum atomic E-state index is 10.8. The van der Waals surface area contributed by atoms with Gasteiger partial charge in [0, 0.05) is 37.2 Å². The molecule has 1 unspecified atom stereocenters. The van der Waals surface area contributed by atoms with E-state index < -0.39 is 12.3 Å². The zero-order valence-corrected chi connectivity index (χ0v) is 10.8. The monoisotopic (exact) mass is 261 g/mol. The van der Waals surface area contributed by atoms with Crippen molar-refractivity contribution in [3.63, 3.8) is 0 Å². The summed E-state index contributed by atoms with van der Waals surface area (Å²) in [7, 11) is 1.29. The van der Waals surface area contributed by atoms with Gasteiger partial charge in [-0.2, -0.15) is 11.8 Å². The Kier molecular flexibility index (Phi) is 7.27. The number of methoxy groups -OCH3 is 1. The van der Waals surface area contributed by atoms with Crippen LogP contribution in [0.4, 0.5) is 0 Å². The largest absolute Gasteiger partial charge is 0.466 e. The lowest BCUT2D eigenvalue weighted by Gasteiger charge is -2.26. The average Bonchev–Trinajstić information content (AvgIpc) is 2.37. The molecule has 0 aromatic heterocycles. The van der Waals surface area contributed by atoms with Gasteiger partial charge in [-0.05, 0) is 6.08 Å². The molecule has 1 heterocycles. The third kappa shape index (κ3) is 6.68. The Morgan fingerprint density at radius 1 is 1.53 bits per heavy atom. The van der Waals surface area contributed by atoms with Gasteiger partial charge in [-0.1, -0.05) is 0 Å². The second kappa shape index (κ2) is 8.52. The molecule has 6 heteroatoms. The van der Waals surface area contributed by atoms with Crippen molar-refractivity contribution < 1.29 is 19.4 Å². The molecule has 0 saturated carbocycles. The predicted molar refractivity (Wildman–Crippen MR) is 66.9 cm³/mol. The van der Waals surface area contributed by atoms with Crippen molar-refractivity contribution in [1.29, 1.82) is 0 Å². The van der Waals surface area contributed by atoms with E-state index in [0.29, 0.717) is 6.61 Å². The molecule has 0 bridgehead atoms. The number of aliphatic hydroxyl groups is 1. The van der Waals surface area contributed by atoms with Crippen molar-refractivity contribution in [1.82, 2.24) is 4.90 Å². The highest BCUT2D eigenvalue weighted by molar-refractivity contribution is 7.99. The van der Waals surface area contributed by atoms with E-state index in [4.69, 9.17) is 4.74 Å². The third-order valence-corrected chi connectivity index (χ3v) is 3.34. The average molecular weight is 261 g/mol. The molecule has 1 fully saturated rings. The van der Waals surface area contributed by atoms with Crippen molar-refractivity contribution >= 4 is 17.7 Å². The van der Waals surface area contributed by atoms with Gasteiger partial charge < -0.3 is 14.6 Å². The Hall–Kier alpha value is -0.560. The molecular weight excluding hydrogens is 242 g/mol. The van der Waals surface area contributed by atoms with Crippen LogP contribution < -0.4 is 0 Å². The molecule has 1 rings (SSSR count). The Labute approximate surface area is 106 Å². The zero-order valence-electron chi connectivity index (χ0n) is 10.0. The minimum atomic E-state index is -1.05. The summed E-state index contributed by atoms with van der Waals surface area (Å²) < 4.78 is 9.55. The smallest absolute Gasteiger partial charge is 0.330 e. The van der Waals surface area contributed by atoms with Gasteiger partial charge in [-0.3, -0.25) is 4.90 Å². The molecule has 1 saturated heterocycles. The summed E-state index contributed by atoms with van der Waals surface area (Å²) in [5.41, 5.74) is 0. The van der Waals surface area contributed by atoms with E-state index in [2.05, 4.69) is 9.64 Å². The van der Waals surface area contributed by atoms with Gasteiger partial charge in [-0.15, -0.1) is 0 Å². The quantitative estimate of drug-likeness (QED) is 0.416. The van der Waals surface area contributed by atoms with Crippen molar-refractivity contribution in [3.05, 3.63) is 12.2 Å². The highest BCUT2D eigenvalue weighted by Crippen LogP contribution is 2.08. The SMILES string of the molecule is COC(=O)/C=C/C(O)OCCN1CCSCC1. The molecule has 0 spiro atoms. The van der Waals surface area contributed by atoms with Crippen LogP contribution in [0.2, 0.25) is 0 Å². The second-order valence-electron chi connectivity index (χ2n) is 3.60. The summed E-state index contributed by atoms with van der Waals surface area (Å²) in [6.07, 6.45) is 1.38. The Morgan fingerprint density at radius 3 is 2.88 bits per heavy atom. The molecule has 0 aromatic rings. The number of hydrogen-bond acceptors (Lipinski definition) is 6. The lowest BCUT2D eigenvalue weighted by molar-refractivity contribution is -0.135. The summed E-state index contributed by atoms with van der Waals surface area (Å²) >= 11 is 1.96. The fraction of sp³-hybridized carbons (Fsp3) is 0.727. The number of carbonyl (C=O) groups excluding carboxylic acids is 1. The van der Waals surface area contributed by atoms with Gasteiger partial charge in [0.25, 0.3) is 0 Å². The van der Waals surface area contributed by atoms with Crippen molar-refractivity contribution in [2.45, 2.75) is 6.29 Å². The Balaban J connectivity index is 2.08. The number of aliphatic hydroxyl groups excluding tert-OH is 1. The molecule has 5 nitrogen and oxygen atoms in total. The van der Waals surface area contributed by atoms with Crippen molar-refractivity contribution in [2.75, 3.05) is 44.9 Å². The summed E-state index contributed by atoms with van der Waals surface area (Å²) in [5, 5.41) is 9.38. The van der Waals surface area contributed by atoms with E-state index in [1.165, 1.54) is 13.2 Å². The van der Waals surface area contributed by atoms with Crippen molar-refractivity contribution in [3.8, 4) is 0 Å². The van der Waals surface area contributed by atoms with Gasteiger partial charge in [0.05, 0.1) is 13.7 Å². The molecule has 0 aromatic carbocycles. The predicted octanol–water partition coefficient (Wildman–Crippen LogP) is 0.0994. The first kappa shape index (κ1) is 14.5. The zero-order chi connectivity index (χ0) is 12.5. The van der Waals surface area contributed by atoms with Crippen LogP contribution in [0, 0.1) is 0 Å². The van der Waals surface area contributed by atoms with E-state index in [0.717, 1.165) is 37.2 Å². The van der Waals surface area contributed by atoms with Gasteiger partial charge >= 0.3 is 5.97 Å². The van der Waals surface area contributed by atoms with E-state index in [-0.39, 0.29) is 0 Å². The number of ether oxygens (including phenoxy) is 2. The first-order valence-electron chi connectivity index (χ1n) is 5.58.